The van der Waals surface area contributed by atoms with Crippen molar-refractivity contribution < 1.29 is 13.9 Å². The van der Waals surface area contributed by atoms with E-state index in [2.05, 4.69) is 4.90 Å². The van der Waals surface area contributed by atoms with Crippen LogP contribution in [-0.4, -0.2) is 42.8 Å². The van der Waals surface area contributed by atoms with Crippen LogP contribution in [0.1, 0.15) is 12.8 Å². The summed E-state index contributed by atoms with van der Waals surface area (Å²) in [5.41, 5.74) is 0.465. The fraction of sp³-hybridized carbons (Fsp3) is 0.471. The lowest BCUT2D eigenvalue weighted by Gasteiger charge is -2.49. The van der Waals surface area contributed by atoms with Crippen LogP contribution >= 0.6 is 0 Å². The number of carbonyl (C=O) groups is 1. The summed E-state index contributed by atoms with van der Waals surface area (Å²) in [5, 5.41) is 1.01. The van der Waals surface area contributed by atoms with Gasteiger partial charge in [-0.2, -0.15) is 0 Å². The normalized spacial score (nSPS) is 33.8. The van der Waals surface area contributed by atoms with E-state index < -0.39 is 0 Å². The molecule has 2 aromatic rings. The van der Waals surface area contributed by atoms with Gasteiger partial charge in [0, 0.05) is 23.9 Å². The van der Waals surface area contributed by atoms with Crippen LogP contribution in [0.2, 0.25) is 0 Å². The Labute approximate surface area is 128 Å². The van der Waals surface area contributed by atoms with E-state index in [0.717, 1.165) is 43.4 Å². The summed E-state index contributed by atoms with van der Waals surface area (Å²) in [4.78, 5) is 16.5. The summed E-state index contributed by atoms with van der Waals surface area (Å²) in [6.45, 7) is 3.73. The molecule has 1 aromatic carbocycles. The Morgan fingerprint density at radius 1 is 1.14 bits per heavy atom. The first-order chi connectivity index (χ1) is 10.7. The van der Waals surface area contributed by atoms with Gasteiger partial charge in [0.2, 0.25) is 5.88 Å². The van der Waals surface area contributed by atoms with Gasteiger partial charge in [0.25, 0.3) is 0 Å². The molecule has 4 aliphatic heterocycles. The quantitative estimate of drug-likeness (QED) is 0.812. The molecule has 6 rings (SSSR count). The standard InChI is InChI=1S/C17H18N2O3/c20-16-19(15-9-12-3-1-2-4-14(12)21-15)11-17(22-16)10-18-7-5-13(17)6-8-18/h1-4,9,13H,5-8,10-11H2/t17-/m1/s1. The molecule has 1 aromatic heterocycles. The highest BCUT2D eigenvalue weighted by atomic mass is 16.6. The van der Waals surface area contributed by atoms with Gasteiger partial charge in [-0.05, 0) is 32.0 Å². The van der Waals surface area contributed by atoms with Gasteiger partial charge in [-0.25, -0.2) is 9.69 Å². The summed E-state index contributed by atoms with van der Waals surface area (Å²) in [6.07, 6.45) is 1.98. The molecule has 5 heterocycles. The zero-order chi connectivity index (χ0) is 14.7. The second-order valence-corrected chi connectivity index (χ2v) is 6.69. The van der Waals surface area contributed by atoms with E-state index >= 15 is 0 Å². The molecule has 4 saturated heterocycles. The van der Waals surface area contributed by atoms with Gasteiger partial charge >= 0.3 is 6.09 Å². The zero-order valence-corrected chi connectivity index (χ0v) is 12.3. The van der Waals surface area contributed by atoms with Gasteiger partial charge in [-0.3, -0.25) is 4.90 Å². The highest BCUT2D eigenvalue weighted by molar-refractivity contribution is 5.92. The number of para-hydroxylation sites is 1. The smallest absolute Gasteiger partial charge is 0.417 e. The summed E-state index contributed by atoms with van der Waals surface area (Å²) in [7, 11) is 0. The molecule has 0 N–H and O–H groups in total. The minimum Gasteiger partial charge on any atom is -0.440 e. The molecular weight excluding hydrogens is 280 g/mol. The summed E-state index contributed by atoms with van der Waals surface area (Å²) in [6, 6.07) is 9.75. The lowest BCUT2D eigenvalue weighted by atomic mass is 9.75. The maximum Gasteiger partial charge on any atom is 0.417 e. The van der Waals surface area contributed by atoms with Gasteiger partial charge in [-0.15, -0.1) is 0 Å². The lowest BCUT2D eigenvalue weighted by Crippen LogP contribution is -2.61. The number of carbonyl (C=O) groups excluding carboxylic acids is 1. The van der Waals surface area contributed by atoms with Crippen molar-refractivity contribution >= 4 is 22.9 Å². The second-order valence-electron chi connectivity index (χ2n) is 6.69. The Kier molecular flexibility index (Phi) is 2.42. The Hall–Kier alpha value is -2.01. The minimum absolute atomic E-state index is 0.271. The van der Waals surface area contributed by atoms with Crippen LogP contribution in [-0.2, 0) is 4.74 Å². The number of anilines is 1. The van der Waals surface area contributed by atoms with E-state index in [1.807, 2.05) is 30.3 Å². The van der Waals surface area contributed by atoms with Crippen molar-refractivity contribution in [2.45, 2.75) is 18.4 Å². The van der Waals surface area contributed by atoms with Crippen LogP contribution < -0.4 is 4.90 Å². The maximum atomic E-state index is 12.4. The van der Waals surface area contributed by atoms with E-state index in [9.17, 15) is 4.79 Å². The van der Waals surface area contributed by atoms with Gasteiger partial charge < -0.3 is 9.15 Å². The van der Waals surface area contributed by atoms with Crippen LogP contribution in [0.25, 0.3) is 11.0 Å². The molecule has 4 aliphatic rings. The van der Waals surface area contributed by atoms with E-state index in [4.69, 9.17) is 9.15 Å². The van der Waals surface area contributed by atoms with Crippen molar-refractivity contribution in [2.24, 2.45) is 5.92 Å². The van der Waals surface area contributed by atoms with Gasteiger partial charge in [0.15, 0.2) is 0 Å². The molecule has 4 fully saturated rings. The van der Waals surface area contributed by atoms with E-state index in [-0.39, 0.29) is 11.7 Å². The highest BCUT2D eigenvalue weighted by Gasteiger charge is 2.56. The third-order valence-electron chi connectivity index (χ3n) is 5.44. The number of ether oxygens (including phenoxy) is 1. The predicted octanol–water partition coefficient (Wildman–Crippen LogP) is 2.85. The van der Waals surface area contributed by atoms with Crippen molar-refractivity contribution in [2.75, 3.05) is 31.1 Å². The number of fused-ring (bicyclic) bond motifs is 3. The van der Waals surface area contributed by atoms with E-state index in [1.54, 1.807) is 4.90 Å². The summed E-state index contributed by atoms with van der Waals surface area (Å²) < 4.78 is 11.7. The Morgan fingerprint density at radius 3 is 2.68 bits per heavy atom. The SMILES string of the molecule is O=C1O[C@]2(CN3CCC2CC3)CN1c1cc2ccccc2o1. The number of hydrogen-bond acceptors (Lipinski definition) is 4. The first-order valence-corrected chi connectivity index (χ1v) is 7.95. The molecule has 0 saturated carbocycles. The molecule has 22 heavy (non-hydrogen) atoms. The minimum atomic E-state index is -0.341. The van der Waals surface area contributed by atoms with Gasteiger partial charge in [0.05, 0.1) is 6.54 Å². The predicted molar refractivity (Wildman–Crippen MR) is 81.9 cm³/mol. The summed E-state index contributed by atoms with van der Waals surface area (Å²) in [5.74, 6) is 1.08. The topological polar surface area (TPSA) is 45.9 Å². The molecule has 5 heteroatoms. The molecule has 0 aliphatic carbocycles. The van der Waals surface area contributed by atoms with Crippen LogP contribution in [0.3, 0.4) is 0 Å². The largest absolute Gasteiger partial charge is 0.440 e. The first-order valence-electron chi connectivity index (χ1n) is 7.95. The lowest BCUT2D eigenvalue weighted by molar-refractivity contribution is -0.0881. The Balaban J connectivity index is 1.50. The molecule has 1 spiro atoms. The molecule has 1 atom stereocenters. The second kappa shape index (κ2) is 4.26. The number of rotatable bonds is 1. The van der Waals surface area contributed by atoms with Crippen LogP contribution in [0.4, 0.5) is 10.7 Å². The van der Waals surface area contributed by atoms with Crippen molar-refractivity contribution in [1.82, 2.24) is 4.90 Å². The van der Waals surface area contributed by atoms with Crippen molar-refractivity contribution in [3.8, 4) is 0 Å². The molecule has 5 nitrogen and oxygen atoms in total. The number of furan rings is 1. The number of nitrogens with zero attached hydrogens (tertiary/aromatic N) is 2. The Morgan fingerprint density at radius 2 is 1.95 bits per heavy atom. The molecule has 0 radical (unpaired) electrons. The van der Waals surface area contributed by atoms with Crippen molar-refractivity contribution in [3.63, 3.8) is 0 Å². The molecular formula is C17H18N2O3. The van der Waals surface area contributed by atoms with Gasteiger partial charge in [-0.1, -0.05) is 18.2 Å². The van der Waals surface area contributed by atoms with Crippen LogP contribution in [0, 0.1) is 5.92 Å². The van der Waals surface area contributed by atoms with Gasteiger partial charge in [0.1, 0.15) is 11.2 Å². The molecule has 114 valence electrons. The first kappa shape index (κ1) is 12.5. The van der Waals surface area contributed by atoms with Crippen LogP contribution in [0.15, 0.2) is 34.7 Å². The monoisotopic (exact) mass is 298 g/mol. The average Bonchev–Trinajstić information content (AvgIpc) is 3.09. The number of benzene rings is 1. The average molecular weight is 298 g/mol. The third-order valence-corrected chi connectivity index (χ3v) is 5.44. The zero-order valence-electron chi connectivity index (χ0n) is 12.3. The molecule has 2 bridgehead atoms. The number of hydrogen-bond donors (Lipinski definition) is 0. The highest BCUT2D eigenvalue weighted by Crippen LogP contribution is 2.43. The molecule has 0 unspecified atom stereocenters. The van der Waals surface area contributed by atoms with Crippen molar-refractivity contribution in [3.05, 3.63) is 30.3 Å². The number of piperidine rings is 3. The number of amides is 1. The fourth-order valence-electron chi connectivity index (χ4n) is 4.28. The Bertz CT molecular complexity index is 714. The summed E-state index contributed by atoms with van der Waals surface area (Å²) >= 11 is 0. The van der Waals surface area contributed by atoms with Crippen molar-refractivity contribution in [1.29, 1.82) is 0 Å². The van der Waals surface area contributed by atoms with E-state index in [1.165, 1.54) is 0 Å². The van der Waals surface area contributed by atoms with E-state index in [0.29, 0.717) is 18.3 Å². The van der Waals surface area contributed by atoms with Crippen LogP contribution in [0.5, 0.6) is 0 Å². The third kappa shape index (κ3) is 1.66. The maximum absolute atomic E-state index is 12.4. The molecule has 1 amide bonds. The fourth-order valence-corrected chi connectivity index (χ4v) is 4.28.